The molecule has 0 radical (unpaired) electrons. The molecule has 3 aromatic carbocycles. The second-order valence-electron chi connectivity index (χ2n) is 9.02. The van der Waals surface area contributed by atoms with Crippen LogP contribution in [0.15, 0.2) is 77.7 Å². The number of aryl methyl sites for hydroxylation is 1. The number of aliphatic hydroxyl groups is 1. The Labute approximate surface area is 202 Å². The van der Waals surface area contributed by atoms with Crippen LogP contribution in [0.4, 0.5) is 5.69 Å². The quantitative estimate of drug-likeness (QED) is 0.416. The number of rotatable bonds is 9. The predicted molar refractivity (Wildman–Crippen MR) is 135 cm³/mol. The van der Waals surface area contributed by atoms with Crippen LogP contribution < -0.4 is 14.8 Å². The van der Waals surface area contributed by atoms with Crippen LogP contribution in [-0.2, 0) is 16.4 Å². The molecule has 180 valence electrons. The highest BCUT2D eigenvalue weighted by Crippen LogP contribution is 2.30. The number of fused-ring (bicyclic) bond motifs is 1. The van der Waals surface area contributed by atoms with Crippen molar-refractivity contribution in [3.05, 3.63) is 89.5 Å². The Balaban J connectivity index is 1.34. The fourth-order valence-corrected chi connectivity index (χ4v) is 5.17. The molecule has 2 atom stereocenters. The summed E-state index contributed by atoms with van der Waals surface area (Å²) in [6.45, 7) is 5.25. The van der Waals surface area contributed by atoms with Gasteiger partial charge >= 0.3 is 0 Å². The lowest BCUT2D eigenvalue weighted by molar-refractivity contribution is 0.146. The summed E-state index contributed by atoms with van der Waals surface area (Å²) >= 11 is 0. The second-order valence-corrected chi connectivity index (χ2v) is 10.7. The number of ether oxygens (including phenoxy) is 1. The summed E-state index contributed by atoms with van der Waals surface area (Å²) in [5, 5.41) is 13.6. The van der Waals surface area contributed by atoms with Crippen molar-refractivity contribution < 1.29 is 18.3 Å². The first kappa shape index (κ1) is 24.3. The van der Waals surface area contributed by atoms with E-state index in [1.807, 2.05) is 42.5 Å². The Kier molecular flexibility index (Phi) is 7.56. The van der Waals surface area contributed by atoms with Gasteiger partial charge in [-0.05, 0) is 65.8 Å². The summed E-state index contributed by atoms with van der Waals surface area (Å²) in [7, 11) is -3.69. The van der Waals surface area contributed by atoms with Crippen molar-refractivity contribution in [2.75, 3.05) is 17.8 Å². The minimum Gasteiger partial charge on any atom is -0.489 e. The molecule has 1 heterocycles. The number of anilines is 1. The van der Waals surface area contributed by atoms with Crippen molar-refractivity contribution in [3.8, 4) is 5.75 Å². The van der Waals surface area contributed by atoms with Crippen LogP contribution in [0, 0.1) is 0 Å². The third-order valence-corrected chi connectivity index (χ3v) is 7.47. The molecule has 0 fully saturated rings. The zero-order chi connectivity index (χ0) is 24.1. The Bertz CT molecular complexity index is 1200. The first-order valence-corrected chi connectivity index (χ1v) is 13.2. The largest absolute Gasteiger partial charge is 0.489 e. The molecule has 6 nitrogen and oxygen atoms in total. The van der Waals surface area contributed by atoms with Gasteiger partial charge in [0, 0.05) is 18.8 Å². The molecule has 4 rings (SSSR count). The molecule has 0 saturated heterocycles. The highest BCUT2D eigenvalue weighted by Gasteiger charge is 2.23. The van der Waals surface area contributed by atoms with Gasteiger partial charge < -0.3 is 15.2 Å². The predicted octanol–water partition coefficient (Wildman–Crippen LogP) is 4.63. The smallest absolute Gasteiger partial charge is 0.261 e. The van der Waals surface area contributed by atoms with Crippen molar-refractivity contribution in [1.82, 2.24) is 5.32 Å². The molecule has 34 heavy (non-hydrogen) atoms. The number of benzene rings is 3. The van der Waals surface area contributed by atoms with E-state index in [9.17, 15) is 13.5 Å². The highest BCUT2D eigenvalue weighted by atomic mass is 32.2. The van der Waals surface area contributed by atoms with Gasteiger partial charge in [-0.25, -0.2) is 8.42 Å². The van der Waals surface area contributed by atoms with E-state index in [4.69, 9.17) is 4.74 Å². The lowest BCUT2D eigenvalue weighted by Gasteiger charge is -2.27. The summed E-state index contributed by atoms with van der Waals surface area (Å²) in [4.78, 5) is 0.227. The summed E-state index contributed by atoms with van der Waals surface area (Å²) in [5.41, 5.74) is 3.47. The van der Waals surface area contributed by atoms with E-state index >= 15 is 0 Å². The molecule has 0 bridgehead atoms. The van der Waals surface area contributed by atoms with Crippen LogP contribution in [0.2, 0.25) is 0 Å². The molecule has 0 aromatic heterocycles. The van der Waals surface area contributed by atoms with E-state index < -0.39 is 16.1 Å². The third kappa shape index (κ3) is 5.97. The number of hydrogen-bond donors (Lipinski definition) is 3. The molecule has 2 unspecified atom stereocenters. The Morgan fingerprint density at radius 3 is 2.44 bits per heavy atom. The van der Waals surface area contributed by atoms with Gasteiger partial charge in [0.15, 0.2) is 0 Å². The maximum Gasteiger partial charge on any atom is 0.261 e. The van der Waals surface area contributed by atoms with Crippen LogP contribution in [0.5, 0.6) is 5.75 Å². The van der Waals surface area contributed by atoms with Crippen LogP contribution in [0.3, 0.4) is 0 Å². The molecule has 1 aliphatic rings. The van der Waals surface area contributed by atoms with Crippen LogP contribution >= 0.6 is 0 Å². The van der Waals surface area contributed by atoms with Gasteiger partial charge in [0.05, 0.1) is 11.0 Å². The maximum absolute atomic E-state index is 12.9. The fourth-order valence-electron chi connectivity index (χ4n) is 4.06. The number of aliphatic hydroxyl groups excluding tert-OH is 1. The molecule has 0 aliphatic carbocycles. The van der Waals surface area contributed by atoms with Gasteiger partial charge in [-0.15, -0.1) is 0 Å². The molecule has 0 spiro atoms. The van der Waals surface area contributed by atoms with Crippen molar-refractivity contribution in [2.24, 2.45) is 0 Å². The second kappa shape index (κ2) is 10.6. The summed E-state index contributed by atoms with van der Waals surface area (Å²) in [6, 6.07) is 22.0. The van der Waals surface area contributed by atoms with E-state index in [1.54, 1.807) is 30.3 Å². The van der Waals surface area contributed by atoms with E-state index in [0.29, 0.717) is 30.4 Å². The lowest BCUT2D eigenvalue weighted by atomic mass is 10.0. The van der Waals surface area contributed by atoms with E-state index in [-0.39, 0.29) is 11.0 Å². The highest BCUT2D eigenvalue weighted by molar-refractivity contribution is 7.92. The Morgan fingerprint density at radius 1 is 1.00 bits per heavy atom. The zero-order valence-electron chi connectivity index (χ0n) is 19.6. The van der Waals surface area contributed by atoms with E-state index in [2.05, 4.69) is 23.9 Å². The average molecular weight is 481 g/mol. The Hall–Kier alpha value is -2.87. The molecule has 3 aromatic rings. The third-order valence-electron chi connectivity index (χ3n) is 6.10. The maximum atomic E-state index is 12.9. The first-order chi connectivity index (χ1) is 16.3. The van der Waals surface area contributed by atoms with Gasteiger partial charge in [-0.3, -0.25) is 4.72 Å². The summed E-state index contributed by atoms with van der Waals surface area (Å²) in [5.74, 6) is 1.10. The first-order valence-electron chi connectivity index (χ1n) is 11.7. The van der Waals surface area contributed by atoms with E-state index in [1.165, 1.54) is 0 Å². The van der Waals surface area contributed by atoms with Gasteiger partial charge in [0.25, 0.3) is 10.0 Å². The Morgan fingerprint density at radius 2 is 1.74 bits per heavy atom. The molecule has 7 heteroatoms. The summed E-state index contributed by atoms with van der Waals surface area (Å²) in [6.07, 6.45) is 0.902. The number of nitrogens with one attached hydrogen (secondary N) is 2. The van der Waals surface area contributed by atoms with Gasteiger partial charge in [-0.1, -0.05) is 56.3 Å². The van der Waals surface area contributed by atoms with Crippen molar-refractivity contribution >= 4 is 15.7 Å². The van der Waals surface area contributed by atoms with Crippen molar-refractivity contribution in [3.63, 3.8) is 0 Å². The van der Waals surface area contributed by atoms with Crippen LogP contribution in [0.25, 0.3) is 0 Å². The van der Waals surface area contributed by atoms with Crippen LogP contribution in [-0.4, -0.2) is 32.7 Å². The molecule has 0 amide bonds. The number of hydrogen-bond acceptors (Lipinski definition) is 5. The molecular weight excluding hydrogens is 448 g/mol. The molecule has 0 saturated carbocycles. The summed E-state index contributed by atoms with van der Waals surface area (Å²) < 4.78 is 34.6. The van der Waals surface area contributed by atoms with Gasteiger partial charge in [-0.2, -0.15) is 0 Å². The average Bonchev–Trinajstić information content (AvgIpc) is 2.84. The van der Waals surface area contributed by atoms with Crippen molar-refractivity contribution in [2.45, 2.75) is 49.7 Å². The van der Waals surface area contributed by atoms with Crippen LogP contribution in [0.1, 0.15) is 49.0 Å². The lowest BCUT2D eigenvalue weighted by Crippen LogP contribution is -2.36. The minimum atomic E-state index is -3.69. The topological polar surface area (TPSA) is 87.7 Å². The molecule has 3 N–H and O–H groups in total. The standard InChI is InChI=1S/C27H32N2O4S/c1-19(2)20-8-11-23(12-9-20)29-34(31,32)25-14-15-27-22(16-25)10-13-24(33-27)17-28-18-26(30)21-6-4-3-5-7-21/h3-9,11-12,14-16,19,24,26,28-30H,10,13,17-18H2,1-2H3. The fraction of sp³-hybridized carbons (Fsp3) is 0.333. The van der Waals surface area contributed by atoms with Gasteiger partial charge in [0.1, 0.15) is 11.9 Å². The minimum absolute atomic E-state index is 0.0319. The van der Waals surface area contributed by atoms with Crippen molar-refractivity contribution in [1.29, 1.82) is 0 Å². The normalized spacial score (nSPS) is 16.5. The number of sulfonamides is 1. The SMILES string of the molecule is CC(C)c1ccc(NS(=O)(=O)c2ccc3c(c2)CCC(CNCC(O)c2ccccc2)O3)cc1. The monoisotopic (exact) mass is 480 g/mol. The molecule has 1 aliphatic heterocycles. The zero-order valence-corrected chi connectivity index (χ0v) is 20.4. The molecular formula is C27H32N2O4S. The van der Waals surface area contributed by atoms with E-state index in [0.717, 1.165) is 29.5 Å². The van der Waals surface area contributed by atoms with Gasteiger partial charge in [0.2, 0.25) is 0 Å².